The number of nitrogens with zero attached hydrogens (tertiary/aromatic N) is 3. The van der Waals surface area contributed by atoms with Crippen molar-refractivity contribution in [2.75, 3.05) is 18.0 Å². The third kappa shape index (κ3) is 3.77. The SMILES string of the molecule is Cc1ccc(S(=O)(=O)NC2CCN(c3cc4c(nn3)CCCC4)CC2)s1. The summed E-state index contributed by atoms with van der Waals surface area (Å²) in [5, 5.41) is 8.82. The number of fused-ring (bicyclic) bond motifs is 1. The number of aromatic nitrogens is 2. The predicted octanol–water partition coefficient (Wildman–Crippen LogP) is 2.67. The molecule has 1 aliphatic heterocycles. The Morgan fingerprint density at radius 1 is 1.15 bits per heavy atom. The third-order valence-electron chi connectivity index (χ3n) is 5.18. The van der Waals surface area contributed by atoms with Gasteiger partial charge in [0.05, 0.1) is 5.69 Å². The maximum atomic E-state index is 12.5. The van der Waals surface area contributed by atoms with E-state index >= 15 is 0 Å². The van der Waals surface area contributed by atoms with Gasteiger partial charge >= 0.3 is 0 Å². The first kappa shape index (κ1) is 17.9. The van der Waals surface area contributed by atoms with E-state index < -0.39 is 10.0 Å². The van der Waals surface area contributed by atoms with Crippen LogP contribution < -0.4 is 9.62 Å². The molecule has 0 atom stereocenters. The zero-order chi connectivity index (χ0) is 18.1. The van der Waals surface area contributed by atoms with Gasteiger partial charge in [0.25, 0.3) is 0 Å². The molecule has 6 nitrogen and oxygen atoms in total. The number of nitrogens with one attached hydrogen (secondary N) is 1. The minimum absolute atomic E-state index is 0.0238. The zero-order valence-corrected chi connectivity index (χ0v) is 16.6. The molecule has 0 bridgehead atoms. The molecule has 2 aromatic heterocycles. The van der Waals surface area contributed by atoms with Gasteiger partial charge in [-0.15, -0.1) is 16.4 Å². The smallest absolute Gasteiger partial charge is 0.250 e. The number of thiophene rings is 1. The summed E-state index contributed by atoms with van der Waals surface area (Å²) in [6.07, 6.45) is 6.12. The Bertz CT molecular complexity index is 886. The highest BCUT2D eigenvalue weighted by Gasteiger charge is 2.26. The number of hydrogen-bond acceptors (Lipinski definition) is 6. The number of sulfonamides is 1. The van der Waals surface area contributed by atoms with Gasteiger partial charge in [-0.05, 0) is 69.2 Å². The van der Waals surface area contributed by atoms with Crippen molar-refractivity contribution in [1.29, 1.82) is 0 Å². The van der Waals surface area contributed by atoms with Crippen molar-refractivity contribution in [3.05, 3.63) is 34.3 Å². The Morgan fingerprint density at radius 2 is 1.92 bits per heavy atom. The summed E-state index contributed by atoms with van der Waals surface area (Å²) in [4.78, 5) is 3.23. The van der Waals surface area contributed by atoms with Crippen LogP contribution in [0.15, 0.2) is 22.4 Å². The van der Waals surface area contributed by atoms with Gasteiger partial charge in [0.2, 0.25) is 10.0 Å². The zero-order valence-electron chi connectivity index (χ0n) is 14.9. The number of anilines is 1. The van der Waals surface area contributed by atoms with Crippen LogP contribution in [0.5, 0.6) is 0 Å². The molecule has 8 heteroatoms. The normalized spacial score (nSPS) is 18.7. The molecule has 26 heavy (non-hydrogen) atoms. The molecule has 2 aromatic rings. The van der Waals surface area contributed by atoms with Crippen LogP contribution in [0.4, 0.5) is 5.82 Å². The van der Waals surface area contributed by atoms with Gasteiger partial charge < -0.3 is 4.90 Å². The molecular formula is C18H24N4O2S2. The fraction of sp³-hybridized carbons (Fsp3) is 0.556. The van der Waals surface area contributed by atoms with Crippen molar-refractivity contribution in [2.24, 2.45) is 0 Å². The highest BCUT2D eigenvalue weighted by molar-refractivity contribution is 7.91. The molecule has 1 saturated heterocycles. The summed E-state index contributed by atoms with van der Waals surface area (Å²) in [6, 6.07) is 5.68. The average molecular weight is 393 g/mol. The molecule has 0 amide bonds. The van der Waals surface area contributed by atoms with Crippen molar-refractivity contribution < 1.29 is 8.42 Å². The largest absolute Gasteiger partial charge is 0.355 e. The lowest BCUT2D eigenvalue weighted by molar-refractivity contribution is 0.457. The first-order valence-corrected chi connectivity index (χ1v) is 11.5. The van der Waals surface area contributed by atoms with Crippen LogP contribution in [0.1, 0.15) is 41.8 Å². The van der Waals surface area contributed by atoms with Crippen molar-refractivity contribution in [1.82, 2.24) is 14.9 Å². The quantitative estimate of drug-likeness (QED) is 0.866. The number of piperidine rings is 1. The van der Waals surface area contributed by atoms with Crippen LogP contribution in [0.25, 0.3) is 0 Å². The lowest BCUT2D eigenvalue weighted by atomic mass is 9.96. The molecule has 0 unspecified atom stereocenters. The molecule has 1 N–H and O–H groups in total. The van der Waals surface area contributed by atoms with Gasteiger partial charge in [0.1, 0.15) is 4.21 Å². The van der Waals surface area contributed by atoms with Crippen molar-refractivity contribution >= 4 is 27.2 Å². The lowest BCUT2D eigenvalue weighted by Crippen LogP contribution is -2.44. The van der Waals surface area contributed by atoms with E-state index in [-0.39, 0.29) is 6.04 Å². The summed E-state index contributed by atoms with van der Waals surface area (Å²) < 4.78 is 28.2. The van der Waals surface area contributed by atoms with Crippen LogP contribution in [-0.2, 0) is 22.9 Å². The topological polar surface area (TPSA) is 75.2 Å². The Kier molecular flexibility index (Phi) is 4.98. The maximum Gasteiger partial charge on any atom is 0.250 e. The number of hydrogen-bond donors (Lipinski definition) is 1. The number of aryl methyl sites for hydroxylation is 3. The minimum Gasteiger partial charge on any atom is -0.355 e. The predicted molar refractivity (Wildman–Crippen MR) is 103 cm³/mol. The van der Waals surface area contributed by atoms with Crippen LogP contribution in [0.3, 0.4) is 0 Å². The van der Waals surface area contributed by atoms with Crippen molar-refractivity contribution in [3.8, 4) is 0 Å². The highest BCUT2D eigenvalue weighted by Crippen LogP contribution is 2.25. The van der Waals surface area contributed by atoms with Gasteiger partial charge in [-0.2, -0.15) is 5.10 Å². The van der Waals surface area contributed by atoms with E-state index in [0.29, 0.717) is 4.21 Å². The Morgan fingerprint density at radius 3 is 2.65 bits per heavy atom. The van der Waals surface area contributed by atoms with Crippen LogP contribution in [-0.4, -0.2) is 37.7 Å². The molecule has 1 fully saturated rings. The molecule has 140 valence electrons. The summed E-state index contributed by atoms with van der Waals surface area (Å²) in [7, 11) is -3.41. The van der Waals surface area contributed by atoms with E-state index in [2.05, 4.69) is 25.9 Å². The molecule has 1 aliphatic carbocycles. The molecule has 0 aromatic carbocycles. The molecule has 4 rings (SSSR count). The fourth-order valence-corrected chi connectivity index (χ4v) is 6.30. The number of rotatable bonds is 4. The molecule has 0 spiro atoms. The van der Waals surface area contributed by atoms with Gasteiger partial charge in [0.15, 0.2) is 5.82 Å². The maximum absolute atomic E-state index is 12.5. The second-order valence-corrected chi connectivity index (χ2v) is 10.4. The van der Waals surface area contributed by atoms with Crippen LogP contribution in [0.2, 0.25) is 0 Å². The van der Waals surface area contributed by atoms with Crippen LogP contribution >= 0.6 is 11.3 Å². The van der Waals surface area contributed by atoms with E-state index in [1.165, 1.54) is 29.7 Å². The molecule has 3 heterocycles. The Hall–Kier alpha value is -1.51. The van der Waals surface area contributed by atoms with Crippen molar-refractivity contribution in [2.45, 2.75) is 55.7 Å². The second-order valence-electron chi connectivity index (χ2n) is 7.13. The van der Waals surface area contributed by atoms with E-state index in [1.807, 2.05) is 13.0 Å². The molecular weight excluding hydrogens is 368 g/mol. The van der Waals surface area contributed by atoms with Gasteiger partial charge in [-0.3, -0.25) is 0 Å². The standard InChI is InChI=1S/C18H24N4O2S2/c1-13-6-7-18(25-13)26(23,24)21-15-8-10-22(11-9-15)17-12-14-4-2-3-5-16(14)19-20-17/h6-7,12,15,21H,2-5,8-11H2,1H3. The van der Waals surface area contributed by atoms with Crippen LogP contribution in [0, 0.1) is 6.92 Å². The minimum atomic E-state index is -3.41. The molecule has 2 aliphatic rings. The molecule has 0 radical (unpaired) electrons. The Balaban J connectivity index is 1.38. The lowest BCUT2D eigenvalue weighted by Gasteiger charge is -2.33. The van der Waals surface area contributed by atoms with E-state index in [0.717, 1.165) is 55.2 Å². The highest BCUT2D eigenvalue weighted by atomic mass is 32.2. The van der Waals surface area contributed by atoms with Gasteiger partial charge in [0, 0.05) is 24.0 Å². The third-order valence-corrected chi connectivity index (χ3v) is 8.19. The summed E-state index contributed by atoms with van der Waals surface area (Å²) in [5.41, 5.74) is 2.48. The summed E-state index contributed by atoms with van der Waals surface area (Å²) in [6.45, 7) is 3.51. The first-order chi connectivity index (χ1) is 12.5. The van der Waals surface area contributed by atoms with E-state index in [4.69, 9.17) is 0 Å². The fourth-order valence-electron chi connectivity index (χ4n) is 3.69. The monoisotopic (exact) mass is 392 g/mol. The first-order valence-electron chi connectivity index (χ1n) is 9.20. The van der Waals surface area contributed by atoms with Gasteiger partial charge in [-0.1, -0.05) is 0 Å². The van der Waals surface area contributed by atoms with E-state index in [9.17, 15) is 8.42 Å². The van der Waals surface area contributed by atoms with Gasteiger partial charge in [-0.25, -0.2) is 13.1 Å². The second kappa shape index (κ2) is 7.25. The van der Waals surface area contributed by atoms with Crippen molar-refractivity contribution in [3.63, 3.8) is 0 Å². The average Bonchev–Trinajstić information content (AvgIpc) is 3.09. The van der Waals surface area contributed by atoms with E-state index in [1.54, 1.807) is 6.07 Å². The Labute approximate surface area is 158 Å². The summed E-state index contributed by atoms with van der Waals surface area (Å²) in [5.74, 6) is 0.931. The molecule has 0 saturated carbocycles. The summed E-state index contributed by atoms with van der Waals surface area (Å²) >= 11 is 1.31.